The van der Waals surface area contributed by atoms with Crippen molar-refractivity contribution in [3.8, 4) is 0 Å². The van der Waals surface area contributed by atoms with Crippen LogP contribution in [0.2, 0.25) is 5.02 Å². The SMILES string of the molecule is Nc1c(NS(=O)(=O)c2ccc(Cl)c([N+](=O)[O-])c2)cccc1S(N)(=O)=O. The van der Waals surface area contributed by atoms with E-state index in [4.69, 9.17) is 22.5 Å². The molecule has 0 heterocycles. The molecule has 0 atom stereocenters. The van der Waals surface area contributed by atoms with E-state index < -0.39 is 46.1 Å². The van der Waals surface area contributed by atoms with Gasteiger partial charge in [0.2, 0.25) is 10.0 Å². The zero-order valence-corrected chi connectivity index (χ0v) is 14.6. The maximum atomic E-state index is 12.4. The Morgan fingerprint density at radius 3 is 2.32 bits per heavy atom. The van der Waals surface area contributed by atoms with Crippen molar-refractivity contribution in [2.75, 3.05) is 10.5 Å². The molecule has 2 rings (SSSR count). The van der Waals surface area contributed by atoms with E-state index in [1.807, 2.05) is 0 Å². The molecule has 2 aromatic rings. The van der Waals surface area contributed by atoms with Gasteiger partial charge in [-0.2, -0.15) is 0 Å². The lowest BCUT2D eigenvalue weighted by molar-refractivity contribution is -0.384. The average molecular weight is 407 g/mol. The van der Waals surface area contributed by atoms with E-state index in [1.165, 1.54) is 12.1 Å². The predicted molar refractivity (Wildman–Crippen MR) is 91.1 cm³/mol. The lowest BCUT2D eigenvalue weighted by Crippen LogP contribution is -2.18. The van der Waals surface area contributed by atoms with Crippen LogP contribution in [-0.4, -0.2) is 21.8 Å². The Kier molecular flexibility index (Phi) is 4.90. The Morgan fingerprint density at radius 2 is 1.76 bits per heavy atom. The number of nitro groups is 1. The molecular formula is C12H11ClN4O6S2. The third-order valence-electron chi connectivity index (χ3n) is 3.04. The number of anilines is 2. The number of sulfonamides is 2. The quantitative estimate of drug-likeness (QED) is 0.380. The Labute approximate surface area is 147 Å². The Morgan fingerprint density at radius 1 is 1.12 bits per heavy atom. The van der Waals surface area contributed by atoms with Crippen molar-refractivity contribution in [2.24, 2.45) is 5.14 Å². The number of benzene rings is 2. The van der Waals surface area contributed by atoms with E-state index in [2.05, 4.69) is 4.72 Å². The fourth-order valence-corrected chi connectivity index (χ4v) is 3.85. The maximum absolute atomic E-state index is 12.4. The van der Waals surface area contributed by atoms with Gasteiger partial charge in [-0.3, -0.25) is 14.8 Å². The zero-order chi connectivity index (χ0) is 19.0. The summed E-state index contributed by atoms with van der Waals surface area (Å²) in [6.07, 6.45) is 0. The van der Waals surface area contributed by atoms with Gasteiger partial charge in [0.25, 0.3) is 15.7 Å². The van der Waals surface area contributed by atoms with Crippen molar-refractivity contribution < 1.29 is 21.8 Å². The Hall–Kier alpha value is -2.41. The largest absolute Gasteiger partial charge is 0.396 e. The van der Waals surface area contributed by atoms with Crippen LogP contribution in [-0.2, 0) is 20.0 Å². The second-order valence-corrected chi connectivity index (χ2v) is 8.36. The summed E-state index contributed by atoms with van der Waals surface area (Å²) >= 11 is 5.64. The van der Waals surface area contributed by atoms with Crippen LogP contribution >= 0.6 is 11.6 Å². The van der Waals surface area contributed by atoms with Crippen LogP contribution in [0.5, 0.6) is 0 Å². The summed E-state index contributed by atoms with van der Waals surface area (Å²) in [5, 5.41) is 15.6. The van der Waals surface area contributed by atoms with Crippen molar-refractivity contribution in [2.45, 2.75) is 9.79 Å². The van der Waals surface area contributed by atoms with E-state index in [0.717, 1.165) is 24.3 Å². The molecular weight excluding hydrogens is 396 g/mol. The smallest absolute Gasteiger partial charge is 0.289 e. The van der Waals surface area contributed by atoms with E-state index in [0.29, 0.717) is 0 Å². The van der Waals surface area contributed by atoms with Gasteiger partial charge in [0, 0.05) is 6.07 Å². The summed E-state index contributed by atoms with van der Waals surface area (Å²) in [4.78, 5) is 9.12. The number of nitrogens with two attached hydrogens (primary N) is 2. The predicted octanol–water partition coefficient (Wildman–Crippen LogP) is 1.28. The van der Waals surface area contributed by atoms with Crippen LogP contribution in [0.25, 0.3) is 0 Å². The van der Waals surface area contributed by atoms with Gasteiger partial charge in [0.1, 0.15) is 9.92 Å². The number of primary sulfonamides is 1. The molecule has 0 saturated carbocycles. The Bertz CT molecular complexity index is 1070. The normalized spacial score (nSPS) is 11.9. The molecule has 134 valence electrons. The topological polar surface area (TPSA) is 175 Å². The van der Waals surface area contributed by atoms with Crippen LogP contribution in [0.3, 0.4) is 0 Å². The molecule has 13 heteroatoms. The van der Waals surface area contributed by atoms with Crippen molar-refractivity contribution >= 4 is 48.7 Å². The molecule has 0 fully saturated rings. The van der Waals surface area contributed by atoms with Gasteiger partial charge in [-0.15, -0.1) is 0 Å². The first-order valence-corrected chi connectivity index (χ1v) is 9.72. The number of nitrogens with zero attached hydrogens (tertiary/aromatic N) is 1. The van der Waals surface area contributed by atoms with Crippen molar-refractivity contribution in [3.05, 3.63) is 51.5 Å². The number of hydrogen-bond donors (Lipinski definition) is 3. The third-order valence-corrected chi connectivity index (χ3v) is 5.69. The minimum Gasteiger partial charge on any atom is -0.396 e. The van der Waals surface area contributed by atoms with Crippen LogP contribution in [0.15, 0.2) is 46.2 Å². The van der Waals surface area contributed by atoms with E-state index in [-0.39, 0.29) is 10.7 Å². The molecule has 0 bridgehead atoms. The number of nitrogen functional groups attached to an aromatic ring is 1. The standard InChI is InChI=1S/C12H11ClN4O6S2/c13-8-5-4-7(6-10(8)17(18)19)25(22,23)16-9-2-1-3-11(12(9)14)24(15,20)21/h1-6,16H,14H2,(H2,15,20,21). The van der Waals surface area contributed by atoms with E-state index in [9.17, 15) is 26.9 Å². The highest BCUT2D eigenvalue weighted by Gasteiger charge is 2.23. The molecule has 0 spiro atoms. The monoisotopic (exact) mass is 406 g/mol. The second-order valence-electron chi connectivity index (χ2n) is 4.74. The van der Waals surface area contributed by atoms with Crippen molar-refractivity contribution in [3.63, 3.8) is 0 Å². The van der Waals surface area contributed by atoms with E-state index >= 15 is 0 Å². The molecule has 5 N–H and O–H groups in total. The molecule has 0 aromatic heterocycles. The lowest BCUT2D eigenvalue weighted by atomic mass is 10.3. The summed E-state index contributed by atoms with van der Waals surface area (Å²) in [6.45, 7) is 0. The minimum absolute atomic E-state index is 0.236. The molecule has 0 unspecified atom stereocenters. The number of halogens is 1. The average Bonchev–Trinajstić information content (AvgIpc) is 2.48. The number of nitrogens with one attached hydrogen (secondary N) is 1. The maximum Gasteiger partial charge on any atom is 0.289 e. The molecule has 0 amide bonds. The third kappa shape index (κ3) is 3.99. The second kappa shape index (κ2) is 6.48. The molecule has 25 heavy (non-hydrogen) atoms. The highest BCUT2D eigenvalue weighted by atomic mass is 35.5. The summed E-state index contributed by atoms with van der Waals surface area (Å²) in [7, 11) is -8.47. The van der Waals surface area contributed by atoms with Gasteiger partial charge < -0.3 is 5.73 Å². The molecule has 0 aliphatic heterocycles. The van der Waals surface area contributed by atoms with Crippen molar-refractivity contribution in [1.29, 1.82) is 0 Å². The molecule has 0 saturated heterocycles. The van der Waals surface area contributed by atoms with Gasteiger partial charge in [-0.05, 0) is 24.3 Å². The van der Waals surface area contributed by atoms with Gasteiger partial charge in [0.05, 0.1) is 21.2 Å². The zero-order valence-electron chi connectivity index (χ0n) is 12.2. The van der Waals surface area contributed by atoms with Crippen LogP contribution in [0.1, 0.15) is 0 Å². The first-order chi connectivity index (χ1) is 11.4. The highest BCUT2D eigenvalue weighted by Crippen LogP contribution is 2.30. The summed E-state index contributed by atoms with van der Waals surface area (Å²) < 4.78 is 49.7. The summed E-state index contributed by atoms with van der Waals surface area (Å²) in [5.41, 5.74) is 4.39. The molecule has 10 nitrogen and oxygen atoms in total. The van der Waals surface area contributed by atoms with Gasteiger partial charge in [-0.1, -0.05) is 17.7 Å². The number of para-hydroxylation sites is 1. The molecule has 0 aliphatic rings. The van der Waals surface area contributed by atoms with Gasteiger partial charge in [-0.25, -0.2) is 22.0 Å². The number of nitro benzene ring substituents is 1. The summed E-state index contributed by atoms with van der Waals surface area (Å²) in [5.74, 6) is 0. The highest BCUT2D eigenvalue weighted by molar-refractivity contribution is 7.92. The first kappa shape index (κ1) is 18.9. The fraction of sp³-hybridized carbons (Fsp3) is 0. The summed E-state index contributed by atoms with van der Waals surface area (Å²) in [6, 6.07) is 6.43. The van der Waals surface area contributed by atoms with E-state index in [1.54, 1.807) is 0 Å². The molecule has 0 aliphatic carbocycles. The first-order valence-electron chi connectivity index (χ1n) is 6.31. The number of rotatable bonds is 5. The van der Waals surface area contributed by atoms with Gasteiger partial charge >= 0.3 is 0 Å². The molecule has 2 aromatic carbocycles. The van der Waals surface area contributed by atoms with Crippen LogP contribution in [0, 0.1) is 10.1 Å². The van der Waals surface area contributed by atoms with Crippen LogP contribution in [0.4, 0.5) is 17.1 Å². The lowest BCUT2D eigenvalue weighted by Gasteiger charge is -2.12. The number of hydrogen-bond acceptors (Lipinski definition) is 7. The fourth-order valence-electron chi connectivity index (χ4n) is 1.88. The molecule has 0 radical (unpaired) electrons. The Balaban J connectivity index is 2.51. The minimum atomic E-state index is -4.30. The van der Waals surface area contributed by atoms with Crippen LogP contribution < -0.4 is 15.6 Å². The van der Waals surface area contributed by atoms with Gasteiger partial charge in [0.15, 0.2) is 0 Å². The van der Waals surface area contributed by atoms with Crippen molar-refractivity contribution in [1.82, 2.24) is 0 Å².